The molecule has 0 amide bonds. The van der Waals surface area contributed by atoms with Crippen LogP contribution in [0.1, 0.15) is 25.7 Å². The first-order valence-electron chi connectivity index (χ1n) is 8.24. The largest absolute Gasteiger partial charge is 0.379 e. The summed E-state index contributed by atoms with van der Waals surface area (Å²) >= 11 is 2.08. The summed E-state index contributed by atoms with van der Waals surface area (Å²) in [5.41, 5.74) is 0. The molecule has 0 aliphatic carbocycles. The Morgan fingerprint density at radius 2 is 2.14 bits per heavy atom. The van der Waals surface area contributed by atoms with Crippen LogP contribution in [0.3, 0.4) is 0 Å². The number of guanidine groups is 1. The zero-order valence-electron chi connectivity index (χ0n) is 13.3. The van der Waals surface area contributed by atoms with Crippen molar-refractivity contribution < 1.29 is 4.74 Å². The SMILES string of the molecule is CN=C(NCCCCN1CCOCC1)NCC1CCCS1. The molecule has 2 aliphatic heterocycles. The van der Waals surface area contributed by atoms with E-state index >= 15 is 0 Å². The number of hydrogen-bond donors (Lipinski definition) is 2. The van der Waals surface area contributed by atoms with Gasteiger partial charge in [-0.25, -0.2) is 0 Å². The first-order chi connectivity index (χ1) is 10.4. The molecule has 2 N–H and O–H groups in total. The Labute approximate surface area is 133 Å². The molecule has 0 aromatic carbocycles. The van der Waals surface area contributed by atoms with E-state index in [-0.39, 0.29) is 0 Å². The highest BCUT2D eigenvalue weighted by Gasteiger charge is 2.15. The lowest BCUT2D eigenvalue weighted by Gasteiger charge is -2.26. The third-order valence-corrected chi connectivity index (χ3v) is 5.44. The first kappa shape index (κ1) is 16.9. The van der Waals surface area contributed by atoms with Crippen molar-refractivity contribution in [3.05, 3.63) is 0 Å². The van der Waals surface area contributed by atoms with Crippen molar-refractivity contribution in [1.29, 1.82) is 0 Å². The highest BCUT2D eigenvalue weighted by molar-refractivity contribution is 8.00. The normalized spacial score (nSPS) is 24.2. The lowest BCUT2D eigenvalue weighted by Crippen LogP contribution is -2.41. The van der Waals surface area contributed by atoms with Crippen molar-refractivity contribution in [2.75, 3.05) is 58.7 Å². The molecule has 0 radical (unpaired) electrons. The van der Waals surface area contributed by atoms with Gasteiger partial charge in [0.15, 0.2) is 5.96 Å². The number of hydrogen-bond acceptors (Lipinski definition) is 4. The molecule has 2 aliphatic rings. The van der Waals surface area contributed by atoms with Gasteiger partial charge in [-0.3, -0.25) is 9.89 Å². The average molecular weight is 314 g/mol. The number of morpholine rings is 1. The van der Waals surface area contributed by atoms with Gasteiger partial charge < -0.3 is 15.4 Å². The van der Waals surface area contributed by atoms with Crippen molar-refractivity contribution in [2.45, 2.75) is 30.9 Å². The molecule has 6 heteroatoms. The number of ether oxygens (including phenoxy) is 1. The number of rotatable bonds is 7. The summed E-state index contributed by atoms with van der Waals surface area (Å²) < 4.78 is 5.36. The van der Waals surface area contributed by atoms with Crippen LogP contribution in [0, 0.1) is 0 Å². The Balaban J connectivity index is 1.47. The number of thioether (sulfide) groups is 1. The summed E-state index contributed by atoms with van der Waals surface area (Å²) in [5.74, 6) is 2.27. The number of aliphatic imine (C=N–C) groups is 1. The minimum atomic E-state index is 0.768. The topological polar surface area (TPSA) is 48.9 Å². The quantitative estimate of drug-likeness (QED) is 0.419. The molecule has 21 heavy (non-hydrogen) atoms. The minimum absolute atomic E-state index is 0.768. The summed E-state index contributed by atoms with van der Waals surface area (Å²) in [6.45, 7) is 7.21. The van der Waals surface area contributed by atoms with E-state index in [0.29, 0.717) is 0 Å². The number of unbranched alkanes of at least 4 members (excludes halogenated alkanes) is 1. The van der Waals surface area contributed by atoms with Gasteiger partial charge in [-0.15, -0.1) is 0 Å². The Bertz CT molecular complexity index is 302. The van der Waals surface area contributed by atoms with Crippen LogP contribution in [0.2, 0.25) is 0 Å². The number of nitrogens with zero attached hydrogens (tertiary/aromatic N) is 2. The van der Waals surface area contributed by atoms with Gasteiger partial charge in [-0.2, -0.15) is 11.8 Å². The Morgan fingerprint density at radius 3 is 2.86 bits per heavy atom. The molecule has 0 bridgehead atoms. The van der Waals surface area contributed by atoms with Crippen molar-refractivity contribution in [3.8, 4) is 0 Å². The second-order valence-corrected chi connectivity index (χ2v) is 7.08. The van der Waals surface area contributed by atoms with Gasteiger partial charge >= 0.3 is 0 Å². The summed E-state index contributed by atoms with van der Waals surface area (Å²) in [7, 11) is 1.85. The van der Waals surface area contributed by atoms with E-state index in [2.05, 4.69) is 32.3 Å². The first-order valence-corrected chi connectivity index (χ1v) is 9.29. The molecule has 0 spiro atoms. The summed E-state index contributed by atoms with van der Waals surface area (Å²) in [6.07, 6.45) is 5.14. The fraction of sp³-hybridized carbons (Fsp3) is 0.933. The van der Waals surface area contributed by atoms with Crippen LogP contribution >= 0.6 is 11.8 Å². The van der Waals surface area contributed by atoms with E-state index in [4.69, 9.17) is 4.74 Å². The Kier molecular flexibility index (Phi) is 8.29. The fourth-order valence-corrected chi connectivity index (χ4v) is 3.93. The maximum atomic E-state index is 5.36. The minimum Gasteiger partial charge on any atom is -0.379 e. The van der Waals surface area contributed by atoms with Crippen molar-refractivity contribution >= 4 is 17.7 Å². The summed E-state index contributed by atoms with van der Waals surface area (Å²) in [4.78, 5) is 6.79. The zero-order chi connectivity index (χ0) is 14.8. The van der Waals surface area contributed by atoms with E-state index in [1.807, 2.05) is 7.05 Å². The highest BCUT2D eigenvalue weighted by Crippen LogP contribution is 2.25. The third-order valence-electron chi connectivity index (χ3n) is 4.04. The molecule has 2 saturated heterocycles. The molecule has 2 heterocycles. The summed E-state index contributed by atoms with van der Waals surface area (Å²) in [6, 6.07) is 0. The molecule has 2 fully saturated rings. The van der Waals surface area contributed by atoms with E-state index in [1.54, 1.807) is 0 Å². The van der Waals surface area contributed by atoms with Crippen LogP contribution in [0.5, 0.6) is 0 Å². The molecular weight excluding hydrogens is 284 g/mol. The highest BCUT2D eigenvalue weighted by atomic mass is 32.2. The molecule has 0 aromatic heterocycles. The van der Waals surface area contributed by atoms with Gasteiger partial charge in [0.05, 0.1) is 13.2 Å². The molecule has 5 nitrogen and oxygen atoms in total. The van der Waals surface area contributed by atoms with Gasteiger partial charge in [0, 0.05) is 38.5 Å². The Morgan fingerprint density at radius 1 is 1.29 bits per heavy atom. The second kappa shape index (κ2) is 10.3. The van der Waals surface area contributed by atoms with Crippen LogP contribution in [0.25, 0.3) is 0 Å². The predicted molar refractivity (Wildman–Crippen MR) is 91.3 cm³/mol. The van der Waals surface area contributed by atoms with Crippen LogP contribution in [0.4, 0.5) is 0 Å². The predicted octanol–water partition coefficient (Wildman–Crippen LogP) is 1.16. The smallest absolute Gasteiger partial charge is 0.191 e. The molecular formula is C15H30N4OS. The van der Waals surface area contributed by atoms with Crippen molar-refractivity contribution in [3.63, 3.8) is 0 Å². The second-order valence-electron chi connectivity index (χ2n) is 5.68. The molecule has 0 aromatic rings. The van der Waals surface area contributed by atoms with Crippen LogP contribution in [-0.2, 0) is 4.74 Å². The maximum Gasteiger partial charge on any atom is 0.191 e. The number of nitrogens with one attached hydrogen (secondary N) is 2. The van der Waals surface area contributed by atoms with Gasteiger partial charge in [-0.1, -0.05) is 0 Å². The molecule has 0 saturated carbocycles. The fourth-order valence-electron chi connectivity index (χ4n) is 2.73. The van der Waals surface area contributed by atoms with Crippen molar-refractivity contribution in [1.82, 2.24) is 15.5 Å². The lowest BCUT2D eigenvalue weighted by atomic mass is 10.2. The van der Waals surface area contributed by atoms with E-state index in [1.165, 1.54) is 38.0 Å². The van der Waals surface area contributed by atoms with E-state index < -0.39 is 0 Å². The molecule has 1 unspecified atom stereocenters. The van der Waals surface area contributed by atoms with E-state index in [0.717, 1.165) is 50.6 Å². The van der Waals surface area contributed by atoms with Crippen LogP contribution < -0.4 is 10.6 Å². The Hall–Kier alpha value is -0.460. The molecule has 122 valence electrons. The third kappa shape index (κ3) is 6.89. The average Bonchev–Trinajstić information content (AvgIpc) is 3.04. The van der Waals surface area contributed by atoms with E-state index in [9.17, 15) is 0 Å². The lowest BCUT2D eigenvalue weighted by molar-refractivity contribution is 0.0372. The zero-order valence-corrected chi connectivity index (χ0v) is 14.1. The van der Waals surface area contributed by atoms with Crippen LogP contribution in [-0.4, -0.2) is 74.8 Å². The van der Waals surface area contributed by atoms with Gasteiger partial charge in [-0.05, 0) is 38.0 Å². The molecule has 1 atom stereocenters. The van der Waals surface area contributed by atoms with Crippen LogP contribution in [0.15, 0.2) is 4.99 Å². The molecule has 2 rings (SSSR count). The summed E-state index contributed by atoms with van der Waals surface area (Å²) in [5, 5.41) is 7.63. The maximum absolute atomic E-state index is 5.36. The van der Waals surface area contributed by atoms with Gasteiger partial charge in [0.25, 0.3) is 0 Å². The standard InChI is InChI=1S/C15H30N4OS/c1-16-15(18-13-14-5-4-12-21-14)17-6-2-3-7-19-8-10-20-11-9-19/h14H,2-13H2,1H3,(H2,16,17,18). The van der Waals surface area contributed by atoms with Crippen molar-refractivity contribution in [2.24, 2.45) is 4.99 Å². The monoisotopic (exact) mass is 314 g/mol. The van der Waals surface area contributed by atoms with Gasteiger partial charge in [0.2, 0.25) is 0 Å². The van der Waals surface area contributed by atoms with Gasteiger partial charge in [0.1, 0.15) is 0 Å².